The van der Waals surface area contributed by atoms with Crippen LogP contribution in [0, 0.1) is 13.8 Å². The number of aliphatic hydroxyl groups excluding tert-OH is 1. The number of anilines is 1. The molecule has 4 N–H and O–H groups in total. The number of hydrogen-bond acceptors (Lipinski definition) is 4. The number of fused-ring (bicyclic) bond motifs is 1. The summed E-state index contributed by atoms with van der Waals surface area (Å²) >= 11 is 6.24. The summed E-state index contributed by atoms with van der Waals surface area (Å²) in [7, 11) is 0. The molecule has 0 aliphatic carbocycles. The summed E-state index contributed by atoms with van der Waals surface area (Å²) in [6.45, 7) is 6.44. The molecule has 2 aliphatic rings. The minimum Gasteiger partial charge on any atom is -0.390 e. The molecule has 0 bridgehead atoms. The van der Waals surface area contributed by atoms with E-state index in [1.54, 1.807) is 6.08 Å². The van der Waals surface area contributed by atoms with Crippen LogP contribution in [0.2, 0.25) is 5.02 Å². The molecule has 2 aromatic carbocycles. The Morgan fingerprint density at radius 1 is 1.19 bits per heavy atom. The summed E-state index contributed by atoms with van der Waals surface area (Å²) in [5.41, 5.74) is 6.55. The van der Waals surface area contributed by atoms with Crippen molar-refractivity contribution in [2.24, 2.45) is 0 Å². The van der Waals surface area contributed by atoms with E-state index in [1.807, 2.05) is 56.3 Å². The van der Waals surface area contributed by atoms with E-state index in [0.29, 0.717) is 34.1 Å². The SMILES string of the molecule is Cc1[nH]c(/C=C2\C(=O)Nc3cccc(-c4cccc(Cl)c4)c32)c(C)c1C(=O)NCC(O)CN1CCCC1. The number of amides is 2. The van der Waals surface area contributed by atoms with Crippen molar-refractivity contribution in [2.45, 2.75) is 32.8 Å². The van der Waals surface area contributed by atoms with Crippen molar-refractivity contribution >= 4 is 40.8 Å². The quantitative estimate of drug-likeness (QED) is 0.343. The average molecular weight is 519 g/mol. The number of nitrogens with one attached hydrogen (secondary N) is 3. The van der Waals surface area contributed by atoms with Gasteiger partial charge >= 0.3 is 0 Å². The van der Waals surface area contributed by atoms with Gasteiger partial charge in [-0.05, 0) is 80.7 Å². The molecule has 3 aromatic rings. The zero-order valence-corrected chi connectivity index (χ0v) is 21.8. The molecule has 5 rings (SSSR count). The number of hydrogen-bond donors (Lipinski definition) is 4. The third-order valence-corrected chi connectivity index (χ3v) is 7.36. The Morgan fingerprint density at radius 3 is 2.70 bits per heavy atom. The molecule has 1 saturated heterocycles. The fraction of sp³-hybridized carbons (Fsp3) is 0.310. The number of likely N-dealkylation sites (tertiary alicyclic amines) is 1. The second kappa shape index (κ2) is 10.5. The first kappa shape index (κ1) is 25.3. The first-order valence-corrected chi connectivity index (χ1v) is 13.0. The number of benzene rings is 2. The number of carbonyl (C=O) groups excluding carboxylic acids is 2. The third kappa shape index (κ3) is 5.21. The van der Waals surface area contributed by atoms with Crippen LogP contribution in [0.25, 0.3) is 22.8 Å². The molecule has 2 aliphatic heterocycles. The lowest BCUT2D eigenvalue weighted by molar-refractivity contribution is -0.110. The topological polar surface area (TPSA) is 97.5 Å². The Bertz CT molecular complexity index is 1390. The van der Waals surface area contributed by atoms with Crippen LogP contribution in [0.15, 0.2) is 42.5 Å². The maximum Gasteiger partial charge on any atom is 0.256 e. The van der Waals surface area contributed by atoms with Crippen molar-refractivity contribution in [3.05, 3.63) is 75.6 Å². The molecule has 37 heavy (non-hydrogen) atoms. The van der Waals surface area contributed by atoms with Crippen molar-refractivity contribution in [2.75, 3.05) is 31.5 Å². The van der Waals surface area contributed by atoms with Crippen LogP contribution in [0.1, 0.15) is 45.7 Å². The van der Waals surface area contributed by atoms with Gasteiger partial charge in [0.15, 0.2) is 0 Å². The molecule has 3 heterocycles. The predicted molar refractivity (Wildman–Crippen MR) is 148 cm³/mol. The first-order valence-electron chi connectivity index (χ1n) is 12.6. The number of halogens is 1. The lowest BCUT2D eigenvalue weighted by Gasteiger charge is -2.19. The third-order valence-electron chi connectivity index (χ3n) is 7.12. The fourth-order valence-electron chi connectivity index (χ4n) is 5.31. The molecule has 1 fully saturated rings. The average Bonchev–Trinajstić information content (AvgIpc) is 3.56. The van der Waals surface area contributed by atoms with E-state index in [0.717, 1.165) is 53.9 Å². The predicted octanol–water partition coefficient (Wildman–Crippen LogP) is 4.63. The van der Waals surface area contributed by atoms with Crippen LogP contribution in [-0.2, 0) is 4.79 Å². The standard InChI is InChI=1S/C29H31ClN4O3/c1-17-25(32-18(2)26(17)29(37)31-15-21(35)16-34-11-3-4-12-34)14-23-27-22(19-7-5-8-20(30)13-19)9-6-10-24(27)33-28(23)36/h5-10,13-14,21,32,35H,3-4,11-12,15-16H2,1-2H3,(H,31,37)(H,33,36)/b23-14-. The Hall–Kier alpha value is -3.39. The van der Waals surface area contributed by atoms with Gasteiger partial charge in [0.05, 0.1) is 17.2 Å². The summed E-state index contributed by atoms with van der Waals surface area (Å²) in [6.07, 6.45) is 3.49. The number of aryl methyl sites for hydroxylation is 1. The van der Waals surface area contributed by atoms with Crippen LogP contribution < -0.4 is 10.6 Å². The number of carbonyl (C=O) groups is 2. The number of aromatic amines is 1. The van der Waals surface area contributed by atoms with Crippen LogP contribution in [0.5, 0.6) is 0 Å². The van der Waals surface area contributed by atoms with Crippen LogP contribution in [-0.4, -0.2) is 59.1 Å². The molecule has 2 amide bonds. The van der Waals surface area contributed by atoms with E-state index in [1.165, 1.54) is 0 Å². The van der Waals surface area contributed by atoms with E-state index >= 15 is 0 Å². The van der Waals surface area contributed by atoms with Gasteiger partial charge in [0.1, 0.15) is 0 Å². The minimum atomic E-state index is -0.619. The Balaban J connectivity index is 1.41. The van der Waals surface area contributed by atoms with Crippen LogP contribution in [0.4, 0.5) is 5.69 Å². The molecular formula is C29H31ClN4O3. The van der Waals surface area contributed by atoms with Gasteiger partial charge in [-0.2, -0.15) is 0 Å². The summed E-state index contributed by atoms with van der Waals surface area (Å²) in [5.74, 6) is -0.445. The fourth-order valence-corrected chi connectivity index (χ4v) is 5.50. The number of rotatable bonds is 7. The number of H-pyrrole nitrogens is 1. The Labute approximate surface area is 221 Å². The smallest absolute Gasteiger partial charge is 0.256 e. The van der Waals surface area contributed by atoms with Gasteiger partial charge in [-0.25, -0.2) is 0 Å². The minimum absolute atomic E-state index is 0.189. The van der Waals surface area contributed by atoms with Crippen molar-refractivity contribution in [3.8, 4) is 11.1 Å². The Morgan fingerprint density at radius 2 is 1.95 bits per heavy atom. The van der Waals surface area contributed by atoms with E-state index in [2.05, 4.69) is 20.5 Å². The molecule has 8 heteroatoms. The maximum atomic E-state index is 13.0. The summed E-state index contributed by atoms with van der Waals surface area (Å²) in [5, 5.41) is 16.8. The second-order valence-electron chi connectivity index (χ2n) is 9.79. The molecular weight excluding hydrogens is 488 g/mol. The van der Waals surface area contributed by atoms with Crippen molar-refractivity contribution in [1.82, 2.24) is 15.2 Å². The molecule has 192 valence electrons. The highest BCUT2D eigenvalue weighted by Gasteiger charge is 2.28. The van der Waals surface area contributed by atoms with Crippen molar-refractivity contribution < 1.29 is 14.7 Å². The highest BCUT2D eigenvalue weighted by atomic mass is 35.5. The van der Waals surface area contributed by atoms with Gasteiger partial charge in [0.2, 0.25) is 0 Å². The Kier molecular flexibility index (Phi) is 7.20. The zero-order chi connectivity index (χ0) is 26.1. The molecule has 1 unspecified atom stereocenters. The summed E-state index contributed by atoms with van der Waals surface area (Å²) in [6, 6.07) is 13.3. The van der Waals surface area contributed by atoms with Crippen LogP contribution in [0.3, 0.4) is 0 Å². The van der Waals surface area contributed by atoms with Gasteiger partial charge in [-0.15, -0.1) is 0 Å². The molecule has 7 nitrogen and oxygen atoms in total. The molecule has 1 atom stereocenters. The molecule has 0 spiro atoms. The number of aliphatic hydroxyl groups is 1. The van der Waals surface area contributed by atoms with Crippen LogP contribution >= 0.6 is 11.6 Å². The van der Waals surface area contributed by atoms with Gasteiger partial charge in [0, 0.05) is 40.8 Å². The largest absolute Gasteiger partial charge is 0.390 e. The molecule has 0 radical (unpaired) electrons. The number of nitrogens with zero attached hydrogens (tertiary/aromatic N) is 1. The summed E-state index contributed by atoms with van der Waals surface area (Å²) in [4.78, 5) is 31.6. The molecule has 0 saturated carbocycles. The lowest BCUT2D eigenvalue weighted by Crippen LogP contribution is -2.39. The van der Waals surface area contributed by atoms with Crippen molar-refractivity contribution in [3.63, 3.8) is 0 Å². The second-order valence-corrected chi connectivity index (χ2v) is 10.2. The van der Waals surface area contributed by atoms with E-state index < -0.39 is 6.10 Å². The number of aromatic nitrogens is 1. The van der Waals surface area contributed by atoms with Gasteiger partial charge < -0.3 is 25.6 Å². The summed E-state index contributed by atoms with van der Waals surface area (Å²) < 4.78 is 0. The zero-order valence-electron chi connectivity index (χ0n) is 21.0. The molecule has 1 aromatic heterocycles. The van der Waals surface area contributed by atoms with Gasteiger partial charge in [0.25, 0.3) is 11.8 Å². The maximum absolute atomic E-state index is 13.0. The lowest BCUT2D eigenvalue weighted by atomic mass is 9.94. The highest BCUT2D eigenvalue weighted by molar-refractivity contribution is 6.36. The monoisotopic (exact) mass is 518 g/mol. The van der Waals surface area contributed by atoms with Gasteiger partial charge in [-0.1, -0.05) is 35.9 Å². The van der Waals surface area contributed by atoms with E-state index in [4.69, 9.17) is 11.6 Å². The first-order chi connectivity index (χ1) is 17.8. The number of β-amino-alcohol motifs (C(OH)–C–C–N with tert-alkyl or cyclic N) is 1. The normalized spacial score (nSPS) is 17.2. The van der Waals surface area contributed by atoms with E-state index in [-0.39, 0.29) is 18.4 Å². The van der Waals surface area contributed by atoms with Crippen molar-refractivity contribution in [1.29, 1.82) is 0 Å². The van der Waals surface area contributed by atoms with Gasteiger partial charge in [-0.3, -0.25) is 9.59 Å². The van der Waals surface area contributed by atoms with E-state index in [9.17, 15) is 14.7 Å². The highest BCUT2D eigenvalue weighted by Crippen LogP contribution is 2.41.